The zero-order valence-electron chi connectivity index (χ0n) is 12.0. The lowest BCUT2D eigenvalue weighted by atomic mass is 9.87. The summed E-state index contributed by atoms with van der Waals surface area (Å²) < 4.78 is 22.7. The summed E-state index contributed by atoms with van der Waals surface area (Å²) in [7, 11) is 1.69. The predicted molar refractivity (Wildman–Crippen MR) is 66.0 cm³/mol. The molecule has 4 nitrogen and oxygen atoms in total. The van der Waals surface area contributed by atoms with E-state index in [0.29, 0.717) is 19.8 Å². The standard InChI is InChI=1S/C13H26O4/c1-11(2)12(3,4)17-13(5,10-16-11)15-9-7-8-14-6/h7-10H2,1-6H3. The summed E-state index contributed by atoms with van der Waals surface area (Å²) in [4.78, 5) is 0. The van der Waals surface area contributed by atoms with Gasteiger partial charge in [0.15, 0.2) is 5.79 Å². The van der Waals surface area contributed by atoms with Crippen molar-refractivity contribution in [3.8, 4) is 0 Å². The summed E-state index contributed by atoms with van der Waals surface area (Å²) in [5.74, 6) is -0.660. The van der Waals surface area contributed by atoms with Gasteiger partial charge in [-0.1, -0.05) is 0 Å². The average Bonchev–Trinajstić information content (AvgIpc) is 2.20. The molecule has 4 heteroatoms. The molecule has 0 aromatic heterocycles. The Morgan fingerprint density at radius 2 is 1.65 bits per heavy atom. The molecule has 1 aliphatic rings. The van der Waals surface area contributed by atoms with Crippen molar-refractivity contribution in [3.05, 3.63) is 0 Å². The van der Waals surface area contributed by atoms with Crippen molar-refractivity contribution in [2.75, 3.05) is 26.9 Å². The highest BCUT2D eigenvalue weighted by Crippen LogP contribution is 2.39. The van der Waals surface area contributed by atoms with E-state index in [1.807, 2.05) is 34.6 Å². The van der Waals surface area contributed by atoms with Crippen LogP contribution in [0.5, 0.6) is 0 Å². The second-order valence-corrected chi connectivity index (χ2v) is 5.74. The molecule has 1 unspecified atom stereocenters. The van der Waals surface area contributed by atoms with Gasteiger partial charge in [0, 0.05) is 13.7 Å². The van der Waals surface area contributed by atoms with Crippen molar-refractivity contribution in [2.45, 2.75) is 58.0 Å². The first kappa shape index (κ1) is 14.9. The van der Waals surface area contributed by atoms with Crippen molar-refractivity contribution in [2.24, 2.45) is 0 Å². The van der Waals surface area contributed by atoms with Crippen LogP contribution in [0.15, 0.2) is 0 Å². The fourth-order valence-electron chi connectivity index (χ4n) is 1.74. The molecule has 1 aliphatic heterocycles. The molecule has 0 bridgehead atoms. The van der Waals surface area contributed by atoms with E-state index in [-0.39, 0.29) is 11.2 Å². The molecule has 0 aliphatic carbocycles. The molecule has 17 heavy (non-hydrogen) atoms. The van der Waals surface area contributed by atoms with E-state index in [1.54, 1.807) is 7.11 Å². The summed E-state index contributed by atoms with van der Waals surface area (Å²) in [5, 5.41) is 0. The van der Waals surface area contributed by atoms with Crippen LogP contribution in [0.1, 0.15) is 41.0 Å². The fourth-order valence-corrected chi connectivity index (χ4v) is 1.74. The van der Waals surface area contributed by atoms with E-state index < -0.39 is 5.79 Å². The van der Waals surface area contributed by atoms with Crippen LogP contribution in [-0.4, -0.2) is 43.9 Å². The molecule has 0 aromatic carbocycles. The minimum absolute atomic E-state index is 0.303. The molecule has 102 valence electrons. The molecule has 0 amide bonds. The molecule has 1 rings (SSSR count). The first-order chi connectivity index (χ1) is 7.72. The van der Waals surface area contributed by atoms with Gasteiger partial charge in [-0.3, -0.25) is 0 Å². The third kappa shape index (κ3) is 3.65. The molecular formula is C13H26O4. The lowest BCUT2D eigenvalue weighted by molar-refractivity contribution is -0.374. The molecule has 0 N–H and O–H groups in total. The van der Waals surface area contributed by atoms with E-state index in [4.69, 9.17) is 18.9 Å². The van der Waals surface area contributed by atoms with Crippen LogP contribution in [0.3, 0.4) is 0 Å². The summed E-state index contributed by atoms with van der Waals surface area (Å²) in [5.41, 5.74) is -0.677. The highest BCUT2D eigenvalue weighted by molar-refractivity contribution is 4.95. The maximum absolute atomic E-state index is 6.07. The molecule has 1 heterocycles. The summed E-state index contributed by atoms with van der Waals surface area (Å²) >= 11 is 0. The maximum atomic E-state index is 6.07. The highest BCUT2D eigenvalue weighted by atomic mass is 16.7. The van der Waals surface area contributed by atoms with Crippen molar-refractivity contribution in [1.29, 1.82) is 0 Å². The monoisotopic (exact) mass is 246 g/mol. The van der Waals surface area contributed by atoms with Gasteiger partial charge in [-0.25, -0.2) is 0 Å². The van der Waals surface area contributed by atoms with Crippen LogP contribution in [0.4, 0.5) is 0 Å². The van der Waals surface area contributed by atoms with E-state index in [1.165, 1.54) is 0 Å². The maximum Gasteiger partial charge on any atom is 0.189 e. The number of hydrogen-bond acceptors (Lipinski definition) is 4. The molecule has 0 aromatic rings. The smallest absolute Gasteiger partial charge is 0.189 e. The first-order valence-electron chi connectivity index (χ1n) is 6.19. The van der Waals surface area contributed by atoms with Crippen molar-refractivity contribution < 1.29 is 18.9 Å². The van der Waals surface area contributed by atoms with Crippen molar-refractivity contribution >= 4 is 0 Å². The van der Waals surface area contributed by atoms with E-state index in [9.17, 15) is 0 Å². The Bertz CT molecular complexity index is 250. The molecule has 1 fully saturated rings. The Balaban J connectivity index is 2.50. The van der Waals surface area contributed by atoms with Gasteiger partial charge < -0.3 is 18.9 Å². The number of methoxy groups -OCH3 is 1. The summed E-state index contributed by atoms with van der Waals surface area (Å²) in [6.45, 7) is 11.8. The van der Waals surface area contributed by atoms with Crippen molar-refractivity contribution in [1.82, 2.24) is 0 Å². The van der Waals surface area contributed by atoms with Crippen LogP contribution in [0.2, 0.25) is 0 Å². The van der Waals surface area contributed by atoms with Crippen LogP contribution in [0.25, 0.3) is 0 Å². The average molecular weight is 246 g/mol. The molecule has 0 spiro atoms. The topological polar surface area (TPSA) is 36.9 Å². The quantitative estimate of drug-likeness (QED) is 0.698. The minimum Gasteiger partial charge on any atom is -0.385 e. The number of ether oxygens (including phenoxy) is 4. The zero-order valence-corrected chi connectivity index (χ0v) is 12.0. The Morgan fingerprint density at radius 1 is 1.00 bits per heavy atom. The van der Waals surface area contributed by atoms with E-state index >= 15 is 0 Å². The van der Waals surface area contributed by atoms with Gasteiger partial charge in [0.1, 0.15) is 6.61 Å². The first-order valence-corrected chi connectivity index (χ1v) is 6.19. The largest absolute Gasteiger partial charge is 0.385 e. The molecule has 0 saturated carbocycles. The van der Waals surface area contributed by atoms with E-state index in [2.05, 4.69) is 0 Å². The van der Waals surface area contributed by atoms with Gasteiger partial charge in [0.2, 0.25) is 0 Å². The van der Waals surface area contributed by atoms with Gasteiger partial charge in [-0.2, -0.15) is 0 Å². The van der Waals surface area contributed by atoms with Gasteiger partial charge in [0.25, 0.3) is 0 Å². The number of hydrogen-bond donors (Lipinski definition) is 0. The van der Waals surface area contributed by atoms with Gasteiger partial charge >= 0.3 is 0 Å². The van der Waals surface area contributed by atoms with Gasteiger partial charge in [-0.05, 0) is 41.0 Å². The Morgan fingerprint density at radius 3 is 2.18 bits per heavy atom. The third-order valence-corrected chi connectivity index (χ3v) is 3.52. The fraction of sp³-hybridized carbons (Fsp3) is 1.00. The molecular weight excluding hydrogens is 220 g/mol. The van der Waals surface area contributed by atoms with Gasteiger partial charge in [-0.15, -0.1) is 0 Å². The number of rotatable bonds is 5. The Kier molecular flexibility index (Phi) is 4.58. The molecule has 0 radical (unpaired) electrons. The second-order valence-electron chi connectivity index (χ2n) is 5.74. The predicted octanol–water partition coefficient (Wildman–Crippen LogP) is 2.36. The Labute approximate surface area is 105 Å². The normalized spacial score (nSPS) is 31.4. The lowest BCUT2D eigenvalue weighted by Crippen LogP contribution is -2.62. The van der Waals surface area contributed by atoms with Crippen LogP contribution in [0, 0.1) is 0 Å². The zero-order chi connectivity index (χ0) is 13.2. The minimum atomic E-state index is -0.660. The molecule has 1 saturated heterocycles. The summed E-state index contributed by atoms with van der Waals surface area (Å²) in [6, 6.07) is 0. The molecule has 1 atom stereocenters. The van der Waals surface area contributed by atoms with Crippen LogP contribution >= 0.6 is 0 Å². The summed E-state index contributed by atoms with van der Waals surface area (Å²) in [6.07, 6.45) is 0.860. The van der Waals surface area contributed by atoms with Crippen molar-refractivity contribution in [3.63, 3.8) is 0 Å². The SMILES string of the molecule is COCCCOC1(C)COC(C)(C)C(C)(C)O1. The lowest BCUT2D eigenvalue weighted by Gasteiger charge is -2.51. The second kappa shape index (κ2) is 5.22. The Hall–Kier alpha value is -0.160. The third-order valence-electron chi connectivity index (χ3n) is 3.52. The van der Waals surface area contributed by atoms with Gasteiger partial charge in [0.05, 0.1) is 17.8 Å². The van der Waals surface area contributed by atoms with E-state index in [0.717, 1.165) is 6.42 Å². The van der Waals surface area contributed by atoms with Crippen LogP contribution in [-0.2, 0) is 18.9 Å². The highest BCUT2D eigenvalue weighted by Gasteiger charge is 2.50. The van der Waals surface area contributed by atoms with Crippen LogP contribution < -0.4 is 0 Å².